The maximum Gasteiger partial charge on any atom is 0.342 e. The van der Waals surface area contributed by atoms with Gasteiger partial charge in [0.1, 0.15) is 18.3 Å². The van der Waals surface area contributed by atoms with Crippen molar-refractivity contribution in [2.24, 2.45) is 0 Å². The third-order valence-corrected chi connectivity index (χ3v) is 3.25. The summed E-state index contributed by atoms with van der Waals surface area (Å²) >= 11 is 0. The number of ketones is 1. The lowest BCUT2D eigenvalue weighted by Gasteiger charge is -2.10. The molecule has 0 amide bonds. The average molecular weight is 288 g/mol. The first-order valence-electron chi connectivity index (χ1n) is 6.61. The molecular formula is C16H16O5. The number of Topliss-reactive ketones (excluding diaryl/α,β-unsaturated/α-hetero) is 1. The van der Waals surface area contributed by atoms with Crippen LogP contribution in [0.15, 0.2) is 41.5 Å². The molecule has 1 aromatic carbocycles. The molecule has 5 heteroatoms. The Morgan fingerprint density at radius 2 is 1.90 bits per heavy atom. The molecule has 0 fully saturated rings. The van der Waals surface area contributed by atoms with E-state index in [1.54, 1.807) is 6.92 Å². The number of hydrogen-bond donors (Lipinski definition) is 0. The summed E-state index contributed by atoms with van der Waals surface area (Å²) in [5.74, 6) is -1.50. The van der Waals surface area contributed by atoms with E-state index in [-0.39, 0.29) is 24.4 Å². The lowest BCUT2D eigenvalue weighted by atomic mass is 10.1. The number of ether oxygens (including phenoxy) is 2. The van der Waals surface area contributed by atoms with Crippen LogP contribution in [-0.4, -0.2) is 23.8 Å². The van der Waals surface area contributed by atoms with Gasteiger partial charge in [0.25, 0.3) is 0 Å². The van der Waals surface area contributed by atoms with E-state index in [0.29, 0.717) is 5.57 Å². The van der Waals surface area contributed by atoms with Gasteiger partial charge in [0.15, 0.2) is 5.78 Å². The number of rotatable bonds is 4. The number of hydrogen-bond acceptors (Lipinski definition) is 5. The molecule has 0 bridgehead atoms. The Labute approximate surface area is 122 Å². The normalized spacial score (nSPS) is 17.8. The van der Waals surface area contributed by atoms with Crippen molar-refractivity contribution in [3.05, 3.63) is 47.0 Å². The van der Waals surface area contributed by atoms with Gasteiger partial charge in [0, 0.05) is 6.92 Å². The van der Waals surface area contributed by atoms with Crippen molar-refractivity contribution in [1.82, 2.24) is 0 Å². The minimum absolute atomic E-state index is 0.00117. The molecule has 5 nitrogen and oxygen atoms in total. The molecule has 1 atom stereocenters. The maximum atomic E-state index is 12.0. The van der Waals surface area contributed by atoms with E-state index < -0.39 is 18.0 Å². The molecule has 0 aliphatic heterocycles. The van der Waals surface area contributed by atoms with Gasteiger partial charge in [-0.05, 0) is 18.1 Å². The minimum atomic E-state index is -0.670. The fraction of sp³-hybridized carbons (Fsp3) is 0.312. The first-order chi connectivity index (χ1) is 9.99. The third kappa shape index (κ3) is 3.56. The van der Waals surface area contributed by atoms with Gasteiger partial charge in [-0.3, -0.25) is 9.59 Å². The molecule has 0 N–H and O–H groups in total. The van der Waals surface area contributed by atoms with Crippen LogP contribution in [0.3, 0.4) is 0 Å². The van der Waals surface area contributed by atoms with Gasteiger partial charge in [0.2, 0.25) is 0 Å². The highest BCUT2D eigenvalue weighted by Gasteiger charge is 2.36. The first-order valence-corrected chi connectivity index (χ1v) is 6.61. The van der Waals surface area contributed by atoms with Crippen LogP contribution in [-0.2, 0) is 30.5 Å². The number of carbonyl (C=O) groups is 3. The molecule has 2 rings (SSSR count). The van der Waals surface area contributed by atoms with Crippen LogP contribution < -0.4 is 0 Å². The lowest BCUT2D eigenvalue weighted by molar-refractivity contribution is -0.145. The largest absolute Gasteiger partial charge is 0.458 e. The predicted molar refractivity (Wildman–Crippen MR) is 74.1 cm³/mol. The summed E-state index contributed by atoms with van der Waals surface area (Å²) in [4.78, 5) is 34.9. The SMILES string of the molecule is CC(=O)O[C@@H]1CC(=O)C(C(=O)OCc2ccccc2)=C1C. The van der Waals surface area contributed by atoms with Crippen molar-refractivity contribution in [2.45, 2.75) is 33.0 Å². The lowest BCUT2D eigenvalue weighted by Crippen LogP contribution is -2.15. The van der Waals surface area contributed by atoms with Crippen LogP contribution in [0.1, 0.15) is 25.8 Å². The summed E-state index contributed by atoms with van der Waals surface area (Å²) in [6.45, 7) is 2.98. The summed E-state index contributed by atoms with van der Waals surface area (Å²) < 4.78 is 10.2. The summed E-state index contributed by atoms with van der Waals surface area (Å²) in [6, 6.07) is 9.19. The Morgan fingerprint density at radius 3 is 2.52 bits per heavy atom. The Morgan fingerprint density at radius 1 is 1.24 bits per heavy atom. The molecular weight excluding hydrogens is 272 g/mol. The van der Waals surface area contributed by atoms with E-state index in [9.17, 15) is 14.4 Å². The quantitative estimate of drug-likeness (QED) is 0.625. The van der Waals surface area contributed by atoms with Crippen LogP contribution in [0.4, 0.5) is 0 Å². The van der Waals surface area contributed by atoms with Gasteiger partial charge in [-0.25, -0.2) is 4.79 Å². The molecule has 0 saturated heterocycles. The van der Waals surface area contributed by atoms with Crippen molar-refractivity contribution in [3.63, 3.8) is 0 Å². The molecule has 1 aromatic rings. The topological polar surface area (TPSA) is 69.7 Å². The van der Waals surface area contributed by atoms with E-state index in [4.69, 9.17) is 9.47 Å². The zero-order valence-corrected chi connectivity index (χ0v) is 11.9. The molecule has 1 aliphatic rings. The number of esters is 2. The fourth-order valence-corrected chi connectivity index (χ4v) is 2.20. The van der Waals surface area contributed by atoms with Gasteiger partial charge >= 0.3 is 11.9 Å². The van der Waals surface area contributed by atoms with Gasteiger partial charge in [-0.2, -0.15) is 0 Å². The Hall–Kier alpha value is -2.43. The third-order valence-electron chi connectivity index (χ3n) is 3.25. The minimum Gasteiger partial charge on any atom is -0.458 e. The molecule has 0 saturated carbocycles. The van der Waals surface area contributed by atoms with Crippen molar-refractivity contribution in [3.8, 4) is 0 Å². The highest BCUT2D eigenvalue weighted by molar-refractivity contribution is 6.20. The van der Waals surface area contributed by atoms with E-state index in [1.165, 1.54) is 6.92 Å². The van der Waals surface area contributed by atoms with Gasteiger partial charge in [0.05, 0.1) is 6.42 Å². The predicted octanol–water partition coefficient (Wildman–Crippen LogP) is 1.95. The summed E-state index contributed by atoms with van der Waals surface area (Å²) in [5, 5.41) is 0. The Bertz CT molecular complexity index is 600. The Balaban J connectivity index is 2.05. The second kappa shape index (κ2) is 6.35. The van der Waals surface area contributed by atoms with Gasteiger partial charge in [-0.1, -0.05) is 30.3 Å². The van der Waals surface area contributed by atoms with E-state index in [2.05, 4.69) is 0 Å². The monoisotopic (exact) mass is 288 g/mol. The summed E-state index contributed by atoms with van der Waals surface area (Å²) in [7, 11) is 0. The first kappa shape index (κ1) is 15.0. The molecule has 0 unspecified atom stereocenters. The van der Waals surface area contributed by atoms with E-state index in [0.717, 1.165) is 5.56 Å². The maximum absolute atomic E-state index is 12.0. The van der Waals surface area contributed by atoms with Crippen molar-refractivity contribution in [2.75, 3.05) is 0 Å². The second-order valence-electron chi connectivity index (χ2n) is 4.85. The number of benzene rings is 1. The van der Waals surface area contributed by atoms with E-state index >= 15 is 0 Å². The molecule has 110 valence electrons. The van der Waals surface area contributed by atoms with Crippen LogP contribution in [0, 0.1) is 0 Å². The van der Waals surface area contributed by atoms with E-state index in [1.807, 2.05) is 30.3 Å². The highest BCUT2D eigenvalue weighted by atomic mass is 16.5. The average Bonchev–Trinajstić information content (AvgIpc) is 2.71. The van der Waals surface area contributed by atoms with Crippen molar-refractivity contribution in [1.29, 1.82) is 0 Å². The summed E-state index contributed by atoms with van der Waals surface area (Å²) in [6.07, 6.45) is -0.657. The Kier molecular flexibility index (Phi) is 4.52. The molecule has 0 heterocycles. The van der Waals surface area contributed by atoms with Crippen LogP contribution >= 0.6 is 0 Å². The van der Waals surface area contributed by atoms with Crippen molar-refractivity contribution < 1.29 is 23.9 Å². The summed E-state index contributed by atoms with van der Waals surface area (Å²) in [5.41, 5.74) is 1.29. The number of carbonyl (C=O) groups excluding carboxylic acids is 3. The molecule has 0 aromatic heterocycles. The second-order valence-corrected chi connectivity index (χ2v) is 4.85. The molecule has 0 spiro atoms. The molecule has 1 aliphatic carbocycles. The highest BCUT2D eigenvalue weighted by Crippen LogP contribution is 2.27. The zero-order chi connectivity index (χ0) is 15.4. The van der Waals surface area contributed by atoms with Crippen LogP contribution in [0.2, 0.25) is 0 Å². The van der Waals surface area contributed by atoms with Gasteiger partial charge < -0.3 is 9.47 Å². The fourth-order valence-electron chi connectivity index (χ4n) is 2.20. The van der Waals surface area contributed by atoms with Crippen molar-refractivity contribution >= 4 is 17.7 Å². The molecule has 0 radical (unpaired) electrons. The van der Waals surface area contributed by atoms with Gasteiger partial charge in [-0.15, -0.1) is 0 Å². The smallest absolute Gasteiger partial charge is 0.342 e. The van der Waals surface area contributed by atoms with Crippen LogP contribution in [0.5, 0.6) is 0 Å². The zero-order valence-electron chi connectivity index (χ0n) is 11.9. The van der Waals surface area contributed by atoms with Crippen LogP contribution in [0.25, 0.3) is 0 Å². The standard InChI is InChI=1S/C16H16O5/c1-10-14(21-11(2)17)8-13(18)15(10)16(19)20-9-12-6-4-3-5-7-12/h3-7,14H,8-9H2,1-2H3/t14-/m1/s1. The molecule has 21 heavy (non-hydrogen) atoms.